The normalized spacial score (nSPS) is 11.4. The number of urea groups is 2. The number of aryl methyl sites for hydroxylation is 4. The molecule has 29 nitrogen and oxygen atoms in total. The van der Waals surface area contributed by atoms with E-state index in [0.29, 0.717) is 67.4 Å². The van der Waals surface area contributed by atoms with Crippen molar-refractivity contribution in [3.05, 3.63) is 391 Å². The van der Waals surface area contributed by atoms with Crippen molar-refractivity contribution in [1.82, 2.24) is 44.8 Å². The number of anilines is 16. The average molecular weight is 2150 g/mol. The van der Waals surface area contributed by atoms with Crippen LogP contribution in [0, 0.1) is 31.3 Å². The molecule has 37 heteroatoms. The van der Waals surface area contributed by atoms with E-state index in [-0.39, 0.29) is 29.3 Å². The number of nitrogens with zero attached hydrogens (tertiary/aromatic N) is 9. The molecule has 0 unspecified atom stereocenters. The minimum absolute atomic E-state index is 0.0732. The van der Waals surface area contributed by atoms with Crippen molar-refractivity contribution in [2.75, 3.05) is 91.1 Å². The number of benzene rings is 10. The lowest BCUT2D eigenvalue weighted by molar-refractivity contribution is -0.137. The number of thiazole rings is 4. The number of aromatic nitrogens is 8. The number of methoxy groups -OCH3 is 2. The van der Waals surface area contributed by atoms with Crippen molar-refractivity contribution in [3.63, 3.8) is 0 Å². The molecule has 1 saturated heterocycles. The Hall–Kier alpha value is -17.0. The van der Waals surface area contributed by atoms with E-state index < -0.39 is 23.7 Å². The number of hydrogen-bond acceptors (Lipinski definition) is 25. The quantitative estimate of drug-likeness (QED) is 0.0203. The van der Waals surface area contributed by atoms with Crippen molar-refractivity contribution in [2.24, 2.45) is 0 Å². The second kappa shape index (κ2) is 49.3. The summed E-state index contributed by atoms with van der Waals surface area (Å²) in [6, 6.07) is 75.0. The average Bonchev–Trinajstić information content (AvgIpc) is 1.26. The van der Waals surface area contributed by atoms with Crippen molar-refractivity contribution in [3.8, 4) is 56.5 Å². The zero-order valence-electron chi connectivity index (χ0n) is 79.7. The van der Waals surface area contributed by atoms with Crippen molar-refractivity contribution in [1.29, 1.82) is 0 Å². The fraction of sp³-hybridized carbons (Fsp3) is 0.109. The maximum absolute atomic E-state index is 13.0. The van der Waals surface area contributed by atoms with E-state index in [1.807, 2.05) is 189 Å². The van der Waals surface area contributed by atoms with Crippen LogP contribution in [-0.4, -0.2) is 108 Å². The number of hydrogen-bond donors (Lipinski definition) is 12. The number of alkyl halides is 3. The minimum Gasteiger partial charge on any atom is -0.497 e. The number of amides is 8. The van der Waals surface area contributed by atoms with E-state index in [4.69, 9.17) is 9.47 Å². The molecule has 18 aromatic rings. The molecular weight excluding hydrogens is 2060 g/mol. The molecule has 1 aliphatic heterocycles. The number of ether oxygens (including phenoxy) is 2. The van der Waals surface area contributed by atoms with E-state index in [0.717, 1.165) is 152 Å². The Labute approximate surface area is 874 Å². The third-order valence-corrected chi connectivity index (χ3v) is 26.6. The van der Waals surface area contributed by atoms with Gasteiger partial charge in [-0.15, -0.1) is 45.3 Å². The molecule has 0 spiro atoms. The van der Waals surface area contributed by atoms with Gasteiger partial charge in [0.25, 0.3) is 23.6 Å². The minimum atomic E-state index is -4.51. The first-order valence-corrected chi connectivity index (χ1v) is 50.4. The van der Waals surface area contributed by atoms with Gasteiger partial charge in [-0.3, -0.25) is 44.0 Å². The van der Waals surface area contributed by atoms with Crippen LogP contribution >= 0.6 is 67.9 Å². The smallest absolute Gasteiger partial charge is 0.416 e. The number of halogens is 4. The van der Waals surface area contributed by atoms with Gasteiger partial charge >= 0.3 is 18.2 Å². The fourth-order valence-corrected chi connectivity index (χ4v) is 18.2. The van der Waals surface area contributed by atoms with Crippen LogP contribution < -0.4 is 73.3 Å². The van der Waals surface area contributed by atoms with Crippen LogP contribution in [0.1, 0.15) is 87.7 Å². The van der Waals surface area contributed by atoms with Crippen LogP contribution in [0.3, 0.4) is 0 Å². The highest BCUT2D eigenvalue weighted by molar-refractivity contribution is 14.1. The molecule has 0 atom stereocenters. The van der Waals surface area contributed by atoms with Gasteiger partial charge in [-0.05, 0) is 304 Å². The zero-order valence-corrected chi connectivity index (χ0v) is 85.1. The third kappa shape index (κ3) is 29.0. The Balaban J connectivity index is 0.000000141. The van der Waals surface area contributed by atoms with Gasteiger partial charge in [0.2, 0.25) is 0 Å². The zero-order chi connectivity index (χ0) is 103. The molecule has 19 rings (SSSR count). The molecule has 0 bridgehead atoms. The summed E-state index contributed by atoms with van der Waals surface area (Å²) < 4.78 is 50.2. The Morgan fingerprint density at radius 1 is 0.347 bits per heavy atom. The van der Waals surface area contributed by atoms with E-state index in [9.17, 15) is 41.9 Å². The number of rotatable bonds is 28. The first kappa shape index (κ1) is 103. The van der Waals surface area contributed by atoms with E-state index in [1.54, 1.807) is 142 Å². The van der Waals surface area contributed by atoms with Crippen molar-refractivity contribution >= 4 is 192 Å². The standard InChI is InChI=1S/C31H28N6O4S.C29H23IN6O2S.C27H27N5OS.C23H17F3N4OS/c1-19-6-9-23(15-26(19)36-31-37-27(18-42-31)21-5-4-14-32-17-21)33-29(38)20-7-10-22(11-8-20)34-30(39)35-25-13-12-24(40-2)16-28(25)41-3;1-18-8-11-22(15-25(18)35-29-36-26(17-39-29)20-5-4-14-31-16-20)32-27(37)19-9-12-21(13-10-19)33-28(38)34-24-7-3-2-6-23(24)30;1-19-6-11-23(15-24(19)30-27-31-25(18-34-27)22-5-4-12-28-16-22)29-26(33)21-9-7-20(8-10-21)17-32-13-2-3-14-32;1-14-7-8-18(28-21(31)15-4-2-6-17(10-15)23(24,25)26)11-19(14)29-22-30-20(13-32-22)16-5-3-9-27-12-16/h4-18H,1-3H3,(H,33,38)(H,36,37)(H2,34,35,39);2-17H,1H3,(H,32,37)(H,35,36)(H2,33,34,38);4-12,15-16,18H,2-3,13-14,17H2,1H3,(H,29,33)(H,30,31);2-13H,1H3,(H,28,31)(H,29,30). The summed E-state index contributed by atoms with van der Waals surface area (Å²) in [6.45, 7) is 11.2. The van der Waals surface area contributed by atoms with Gasteiger partial charge in [-0.1, -0.05) is 54.6 Å². The molecule has 0 aliphatic carbocycles. The molecule has 1 aliphatic rings. The highest BCUT2D eigenvalue weighted by Gasteiger charge is 2.31. The number of para-hydroxylation sites is 1. The van der Waals surface area contributed by atoms with Gasteiger partial charge in [0.05, 0.1) is 53.9 Å². The molecule has 1 fully saturated rings. The summed E-state index contributed by atoms with van der Waals surface area (Å²) in [5.41, 5.74) is 21.1. The fourth-order valence-electron chi connectivity index (χ4n) is 14.8. The molecule has 10 aromatic carbocycles. The lowest BCUT2D eigenvalue weighted by atomic mass is 10.1. The number of likely N-dealkylation sites (tertiary alicyclic amines) is 1. The summed E-state index contributed by atoms with van der Waals surface area (Å²) in [6.07, 6.45) is 12.0. The highest BCUT2D eigenvalue weighted by Crippen LogP contribution is 2.38. The molecule has 9 heterocycles. The number of pyridine rings is 4. The van der Waals surface area contributed by atoms with Crippen LogP contribution in [0.5, 0.6) is 11.5 Å². The van der Waals surface area contributed by atoms with Gasteiger partial charge < -0.3 is 73.3 Å². The van der Waals surface area contributed by atoms with Crippen molar-refractivity contribution in [2.45, 2.75) is 53.3 Å². The summed E-state index contributed by atoms with van der Waals surface area (Å²) >= 11 is 8.11. The van der Waals surface area contributed by atoms with Crippen LogP contribution in [0.2, 0.25) is 0 Å². The maximum Gasteiger partial charge on any atom is 0.416 e. The molecule has 8 amide bonds. The molecule has 8 aromatic heterocycles. The molecule has 12 N–H and O–H groups in total. The first-order chi connectivity index (χ1) is 71.3. The van der Waals surface area contributed by atoms with E-state index in [1.165, 1.54) is 83.0 Å². The number of carbonyl (C=O) groups is 6. The Morgan fingerprint density at radius 3 is 1.05 bits per heavy atom. The Bertz CT molecular complexity index is 7640. The lowest BCUT2D eigenvalue weighted by Gasteiger charge is -2.15. The monoisotopic (exact) mass is 2150 g/mol. The highest BCUT2D eigenvalue weighted by atomic mass is 127. The van der Waals surface area contributed by atoms with Gasteiger partial charge in [-0.2, -0.15) is 13.2 Å². The predicted molar refractivity (Wildman–Crippen MR) is 590 cm³/mol. The van der Waals surface area contributed by atoms with Crippen LogP contribution in [0.25, 0.3) is 45.0 Å². The largest absolute Gasteiger partial charge is 0.497 e. The molecule has 0 radical (unpaired) electrons. The van der Waals surface area contributed by atoms with Gasteiger partial charge in [0, 0.05) is 189 Å². The summed E-state index contributed by atoms with van der Waals surface area (Å²) in [5, 5.41) is 46.7. The third-order valence-electron chi connectivity index (χ3n) is 22.7. The summed E-state index contributed by atoms with van der Waals surface area (Å²) in [4.78, 5) is 114. The Morgan fingerprint density at radius 2 is 0.701 bits per heavy atom. The second-order valence-corrected chi connectivity index (χ2v) is 37.8. The molecule has 0 saturated carbocycles. The van der Waals surface area contributed by atoms with Gasteiger partial charge in [-0.25, -0.2) is 29.5 Å². The molecule has 740 valence electrons. The summed E-state index contributed by atoms with van der Waals surface area (Å²) in [5.74, 6) is -0.203. The molecule has 147 heavy (non-hydrogen) atoms. The van der Waals surface area contributed by atoms with E-state index >= 15 is 0 Å². The van der Waals surface area contributed by atoms with Crippen LogP contribution in [0.4, 0.5) is 112 Å². The first-order valence-electron chi connectivity index (χ1n) is 45.8. The maximum atomic E-state index is 13.0. The van der Waals surface area contributed by atoms with Gasteiger partial charge in [0.1, 0.15) is 11.5 Å². The van der Waals surface area contributed by atoms with Crippen molar-refractivity contribution < 1.29 is 51.4 Å². The SMILES string of the molecule is COc1ccc(NC(=O)Nc2ccc(C(=O)Nc3ccc(C)c(Nc4nc(-c5cccnc5)cs4)c3)cc2)c(OC)c1.Cc1ccc(NC(=O)c2ccc(CN3CCCC3)cc2)cc1Nc1nc(-c2cccnc2)cs1.Cc1ccc(NC(=O)c2ccc(NC(=O)Nc3ccccc3I)cc2)cc1Nc1nc(-c2cccnc2)cs1.Cc1ccc(NC(=O)c2cccc(C(F)(F)F)c2)cc1Nc1nc(-c2cccnc2)cs1. The lowest BCUT2D eigenvalue weighted by Crippen LogP contribution is -2.20. The van der Waals surface area contributed by atoms with E-state index in [2.05, 4.69) is 143 Å². The second-order valence-electron chi connectivity index (χ2n) is 33.2. The Kier molecular flexibility index (Phi) is 34.5. The number of carbonyl (C=O) groups excluding carboxylic acids is 6. The number of nitrogens with one attached hydrogen (secondary N) is 12. The molecular formula is C110H95F3IN21O8S4. The van der Waals surface area contributed by atoms with Gasteiger partial charge in [0.15, 0.2) is 20.5 Å². The topological polar surface area (TPSA) is 372 Å². The predicted octanol–water partition coefficient (Wildman–Crippen LogP) is 27.6. The van der Waals surface area contributed by atoms with Crippen LogP contribution in [-0.2, 0) is 12.7 Å². The summed E-state index contributed by atoms with van der Waals surface area (Å²) in [7, 11) is 3.06. The van der Waals surface area contributed by atoms with Crippen LogP contribution in [0.15, 0.2) is 332 Å².